The number of fused-ring (bicyclic) bond motifs is 1. The Labute approximate surface area is 197 Å². The first kappa shape index (κ1) is 21.3. The van der Waals surface area contributed by atoms with Crippen LogP contribution in [0.15, 0.2) is 72.8 Å². The third-order valence-electron chi connectivity index (χ3n) is 5.57. The predicted molar refractivity (Wildman–Crippen MR) is 132 cm³/mol. The first-order valence-electron chi connectivity index (χ1n) is 11.1. The first-order chi connectivity index (χ1) is 16.2. The lowest BCUT2D eigenvalue weighted by Gasteiger charge is -2.34. The van der Waals surface area contributed by atoms with Crippen molar-refractivity contribution in [3.05, 3.63) is 78.4 Å². The smallest absolute Gasteiger partial charge is 0.254 e. The number of carbonyl (C=O) groups excluding carboxylic acids is 1. The van der Waals surface area contributed by atoms with E-state index in [-0.39, 0.29) is 5.91 Å². The van der Waals surface area contributed by atoms with Gasteiger partial charge in [-0.1, -0.05) is 41.7 Å². The van der Waals surface area contributed by atoms with Gasteiger partial charge in [-0.3, -0.25) is 4.79 Å². The van der Waals surface area contributed by atoms with Crippen molar-refractivity contribution in [3.8, 4) is 17.2 Å². The summed E-state index contributed by atoms with van der Waals surface area (Å²) in [5.74, 6) is 2.25. The van der Waals surface area contributed by atoms with E-state index in [1.54, 1.807) is 11.3 Å². The second-order valence-electron chi connectivity index (χ2n) is 7.75. The van der Waals surface area contributed by atoms with Gasteiger partial charge in [0.05, 0.1) is 11.3 Å². The number of amides is 1. The summed E-state index contributed by atoms with van der Waals surface area (Å²) in [6.07, 6.45) is 0. The molecule has 4 aromatic rings. The molecule has 0 N–H and O–H groups in total. The van der Waals surface area contributed by atoms with Crippen molar-refractivity contribution in [2.45, 2.75) is 6.92 Å². The quantitative estimate of drug-likeness (QED) is 0.384. The second kappa shape index (κ2) is 9.50. The number of hydrogen-bond donors (Lipinski definition) is 0. The van der Waals surface area contributed by atoms with Gasteiger partial charge in [0.2, 0.25) is 0 Å². The molecule has 1 fully saturated rings. The number of nitrogens with zero attached hydrogens (tertiary/aromatic N) is 3. The number of hydrogen-bond acceptors (Lipinski definition) is 6. The van der Waals surface area contributed by atoms with E-state index < -0.39 is 0 Å². The molecule has 1 aliphatic rings. The zero-order chi connectivity index (χ0) is 22.6. The highest BCUT2D eigenvalue weighted by Crippen LogP contribution is 2.34. The number of para-hydroxylation sites is 2. The SMILES string of the molecule is CCOc1cccc2sc(N3CCN(C(=O)c4cccc(Oc5ccccc5)c4)CC3)nc12. The van der Waals surface area contributed by atoms with Crippen LogP contribution in [0, 0.1) is 0 Å². The Morgan fingerprint density at radius 3 is 2.48 bits per heavy atom. The third kappa shape index (κ3) is 4.64. The van der Waals surface area contributed by atoms with Crippen molar-refractivity contribution in [1.82, 2.24) is 9.88 Å². The highest BCUT2D eigenvalue weighted by molar-refractivity contribution is 7.22. The first-order valence-corrected chi connectivity index (χ1v) is 11.9. The molecule has 6 nitrogen and oxygen atoms in total. The maximum atomic E-state index is 13.1. The lowest BCUT2D eigenvalue weighted by molar-refractivity contribution is 0.0746. The number of carbonyl (C=O) groups is 1. The monoisotopic (exact) mass is 459 g/mol. The number of aromatic nitrogens is 1. The molecule has 0 atom stereocenters. The number of benzene rings is 3. The molecule has 2 heterocycles. The van der Waals surface area contributed by atoms with Gasteiger partial charge in [0.15, 0.2) is 5.13 Å². The molecular formula is C26H25N3O3S. The number of ether oxygens (including phenoxy) is 2. The summed E-state index contributed by atoms with van der Waals surface area (Å²) in [4.78, 5) is 22.1. The van der Waals surface area contributed by atoms with E-state index in [1.807, 2.05) is 78.6 Å². The van der Waals surface area contributed by atoms with Crippen LogP contribution in [-0.4, -0.2) is 48.6 Å². The standard InChI is InChI=1S/C26H25N3O3S/c1-2-31-22-12-7-13-23-24(22)27-26(33-23)29-16-14-28(15-17-29)25(30)19-8-6-11-21(18-19)32-20-9-4-3-5-10-20/h3-13,18H,2,14-17H2,1H3. The summed E-state index contributed by atoms with van der Waals surface area (Å²) >= 11 is 1.67. The second-order valence-corrected chi connectivity index (χ2v) is 8.76. The van der Waals surface area contributed by atoms with Crippen molar-refractivity contribution in [3.63, 3.8) is 0 Å². The number of rotatable bonds is 6. The molecular weight excluding hydrogens is 434 g/mol. The molecule has 0 spiro atoms. The summed E-state index contributed by atoms with van der Waals surface area (Å²) < 4.78 is 12.7. The molecule has 3 aromatic carbocycles. The zero-order valence-electron chi connectivity index (χ0n) is 18.4. The molecule has 5 rings (SSSR count). The fourth-order valence-corrected chi connectivity index (χ4v) is 4.95. The molecule has 0 saturated carbocycles. The molecule has 1 aliphatic heterocycles. The van der Waals surface area contributed by atoms with Gasteiger partial charge in [-0.2, -0.15) is 0 Å². The van der Waals surface area contributed by atoms with E-state index in [0.29, 0.717) is 31.0 Å². The van der Waals surface area contributed by atoms with Gasteiger partial charge in [-0.15, -0.1) is 0 Å². The van der Waals surface area contributed by atoms with Gasteiger partial charge >= 0.3 is 0 Å². The Hall–Kier alpha value is -3.58. The molecule has 168 valence electrons. The molecule has 0 aliphatic carbocycles. The predicted octanol–water partition coefficient (Wildman–Crippen LogP) is 5.45. The van der Waals surface area contributed by atoms with Crippen molar-refractivity contribution < 1.29 is 14.3 Å². The van der Waals surface area contributed by atoms with Crippen LogP contribution in [0.5, 0.6) is 17.2 Å². The fraction of sp³-hybridized carbons (Fsp3) is 0.231. The van der Waals surface area contributed by atoms with Gasteiger partial charge in [0.25, 0.3) is 5.91 Å². The Bertz CT molecular complexity index is 1250. The van der Waals surface area contributed by atoms with Crippen LogP contribution in [0.3, 0.4) is 0 Å². The molecule has 0 bridgehead atoms. The Balaban J connectivity index is 1.25. The zero-order valence-corrected chi connectivity index (χ0v) is 19.3. The van der Waals surface area contributed by atoms with Crippen LogP contribution >= 0.6 is 11.3 Å². The Kier molecular flexibility index (Phi) is 6.13. The van der Waals surface area contributed by atoms with E-state index in [4.69, 9.17) is 14.5 Å². The molecule has 1 saturated heterocycles. The van der Waals surface area contributed by atoms with E-state index in [9.17, 15) is 4.79 Å². The molecule has 33 heavy (non-hydrogen) atoms. The molecule has 1 amide bonds. The maximum absolute atomic E-state index is 13.1. The van der Waals surface area contributed by atoms with E-state index in [0.717, 1.165) is 39.9 Å². The summed E-state index contributed by atoms with van der Waals surface area (Å²) in [5, 5.41) is 0.975. The average Bonchev–Trinajstić information content (AvgIpc) is 3.30. The van der Waals surface area contributed by atoms with Crippen LogP contribution < -0.4 is 14.4 Å². The minimum Gasteiger partial charge on any atom is -0.492 e. The normalized spacial score (nSPS) is 13.8. The van der Waals surface area contributed by atoms with Gasteiger partial charge in [-0.05, 0) is 49.4 Å². The van der Waals surface area contributed by atoms with Crippen molar-refractivity contribution >= 4 is 32.6 Å². The number of piperazine rings is 1. The van der Waals surface area contributed by atoms with Gasteiger partial charge in [-0.25, -0.2) is 4.98 Å². The summed E-state index contributed by atoms with van der Waals surface area (Å²) in [6.45, 7) is 5.38. The molecule has 1 aromatic heterocycles. The Morgan fingerprint density at radius 1 is 0.939 bits per heavy atom. The Morgan fingerprint density at radius 2 is 1.70 bits per heavy atom. The molecule has 0 unspecified atom stereocenters. The van der Waals surface area contributed by atoms with E-state index in [1.165, 1.54) is 0 Å². The number of thiazole rings is 1. The highest BCUT2D eigenvalue weighted by atomic mass is 32.1. The van der Waals surface area contributed by atoms with Crippen LogP contribution in [0.25, 0.3) is 10.2 Å². The van der Waals surface area contributed by atoms with Crippen LogP contribution in [-0.2, 0) is 0 Å². The van der Waals surface area contributed by atoms with E-state index >= 15 is 0 Å². The van der Waals surface area contributed by atoms with E-state index in [2.05, 4.69) is 11.0 Å². The van der Waals surface area contributed by atoms with Crippen molar-refractivity contribution in [1.29, 1.82) is 0 Å². The van der Waals surface area contributed by atoms with Gasteiger partial charge in [0, 0.05) is 31.7 Å². The van der Waals surface area contributed by atoms with Crippen molar-refractivity contribution in [2.24, 2.45) is 0 Å². The molecule has 7 heteroatoms. The molecule has 0 radical (unpaired) electrons. The van der Waals surface area contributed by atoms with Gasteiger partial charge in [0.1, 0.15) is 22.8 Å². The van der Waals surface area contributed by atoms with Crippen LogP contribution in [0.4, 0.5) is 5.13 Å². The van der Waals surface area contributed by atoms with Gasteiger partial charge < -0.3 is 19.3 Å². The summed E-state index contributed by atoms with van der Waals surface area (Å²) in [5.41, 5.74) is 1.55. The lowest BCUT2D eigenvalue weighted by Crippen LogP contribution is -2.48. The van der Waals surface area contributed by atoms with Crippen LogP contribution in [0.1, 0.15) is 17.3 Å². The maximum Gasteiger partial charge on any atom is 0.254 e. The fourth-order valence-electron chi connectivity index (χ4n) is 3.92. The minimum atomic E-state index is 0.0242. The summed E-state index contributed by atoms with van der Waals surface area (Å²) in [7, 11) is 0. The van der Waals surface area contributed by atoms with Crippen LogP contribution in [0.2, 0.25) is 0 Å². The topological polar surface area (TPSA) is 54.9 Å². The summed E-state index contributed by atoms with van der Waals surface area (Å²) in [6, 6.07) is 23.0. The van der Waals surface area contributed by atoms with Crippen molar-refractivity contribution in [2.75, 3.05) is 37.7 Å². The minimum absolute atomic E-state index is 0.0242. The largest absolute Gasteiger partial charge is 0.492 e. The lowest BCUT2D eigenvalue weighted by atomic mass is 10.1. The average molecular weight is 460 g/mol. The highest BCUT2D eigenvalue weighted by Gasteiger charge is 2.24. The third-order valence-corrected chi connectivity index (χ3v) is 6.65. The number of anilines is 1.